The molecule has 3 rings (SSSR count). The summed E-state index contributed by atoms with van der Waals surface area (Å²) < 4.78 is 0. The molecule has 1 aliphatic rings. The summed E-state index contributed by atoms with van der Waals surface area (Å²) in [4.78, 5) is 26.4. The monoisotopic (exact) mass is 427 g/mol. The van der Waals surface area contributed by atoms with Gasteiger partial charge in [-0.3, -0.25) is 9.59 Å². The molecule has 160 valence electrons. The molecule has 1 fully saturated rings. The van der Waals surface area contributed by atoms with Gasteiger partial charge in [-0.1, -0.05) is 30.8 Å². The van der Waals surface area contributed by atoms with E-state index in [-0.39, 0.29) is 23.5 Å². The van der Waals surface area contributed by atoms with Crippen molar-refractivity contribution in [2.24, 2.45) is 5.92 Å². The molecule has 0 spiro atoms. The summed E-state index contributed by atoms with van der Waals surface area (Å²) in [5.74, 6) is 1.27. The molecule has 2 heterocycles. The number of anilines is 2. The van der Waals surface area contributed by atoms with E-state index in [2.05, 4.69) is 32.7 Å². The van der Waals surface area contributed by atoms with Gasteiger partial charge in [-0.2, -0.15) is 0 Å². The predicted octanol–water partition coefficient (Wildman–Crippen LogP) is 3.26. The van der Waals surface area contributed by atoms with Gasteiger partial charge in [-0.05, 0) is 56.0 Å². The highest BCUT2D eigenvalue weighted by molar-refractivity contribution is 7.99. The van der Waals surface area contributed by atoms with Crippen LogP contribution in [0.15, 0.2) is 41.4 Å². The smallest absolute Gasteiger partial charge is 0.234 e. The average Bonchev–Trinajstić information content (AvgIpc) is 2.76. The number of hydrogen-bond donors (Lipinski definition) is 2. The molecule has 8 heteroatoms. The van der Waals surface area contributed by atoms with Crippen molar-refractivity contribution in [3.8, 4) is 0 Å². The zero-order valence-corrected chi connectivity index (χ0v) is 18.4. The minimum atomic E-state index is -0.0695. The maximum Gasteiger partial charge on any atom is 0.234 e. The number of carbonyl (C=O) groups excluding carboxylic acids is 2. The second kappa shape index (κ2) is 11.0. The molecule has 0 radical (unpaired) electrons. The van der Waals surface area contributed by atoms with Crippen molar-refractivity contribution < 1.29 is 9.59 Å². The number of aromatic nitrogens is 2. The van der Waals surface area contributed by atoms with Gasteiger partial charge in [-0.15, -0.1) is 10.2 Å². The number of benzene rings is 1. The molecule has 2 N–H and O–H groups in total. The molecular formula is C22H29N5O2S. The Morgan fingerprint density at radius 2 is 1.97 bits per heavy atom. The Kier molecular flexibility index (Phi) is 8.07. The van der Waals surface area contributed by atoms with Gasteiger partial charge in [0.1, 0.15) is 5.03 Å². The summed E-state index contributed by atoms with van der Waals surface area (Å²) in [6.45, 7) is 6.38. The molecule has 0 bridgehead atoms. The van der Waals surface area contributed by atoms with Crippen LogP contribution in [0.4, 0.5) is 11.5 Å². The van der Waals surface area contributed by atoms with E-state index in [0.717, 1.165) is 56.0 Å². The van der Waals surface area contributed by atoms with Gasteiger partial charge in [0.05, 0.1) is 5.75 Å². The van der Waals surface area contributed by atoms with Crippen LogP contribution in [-0.4, -0.2) is 47.4 Å². The second-order valence-electron chi connectivity index (χ2n) is 7.49. The summed E-state index contributed by atoms with van der Waals surface area (Å²) in [5, 5.41) is 15.2. The Morgan fingerprint density at radius 3 is 2.63 bits per heavy atom. The molecule has 1 aromatic heterocycles. The SMILES string of the molecule is CCCNC(=O)C1CCN(c2ccc(SCC(=O)Nc3cccc(C)c3)nn2)CC1. The largest absolute Gasteiger partial charge is 0.356 e. The zero-order chi connectivity index (χ0) is 21.3. The first-order valence-corrected chi connectivity index (χ1v) is 11.4. The summed E-state index contributed by atoms with van der Waals surface area (Å²) in [7, 11) is 0. The number of rotatable bonds is 8. The van der Waals surface area contributed by atoms with Gasteiger partial charge in [0, 0.05) is 31.2 Å². The van der Waals surface area contributed by atoms with E-state index in [1.807, 2.05) is 43.3 Å². The highest BCUT2D eigenvalue weighted by atomic mass is 32.2. The Hall–Kier alpha value is -2.61. The molecule has 0 unspecified atom stereocenters. The van der Waals surface area contributed by atoms with Crippen LogP contribution in [0.25, 0.3) is 0 Å². The van der Waals surface area contributed by atoms with Crippen molar-refractivity contribution in [3.63, 3.8) is 0 Å². The van der Waals surface area contributed by atoms with E-state index in [0.29, 0.717) is 5.03 Å². The number of thioether (sulfide) groups is 1. The van der Waals surface area contributed by atoms with Gasteiger partial charge < -0.3 is 15.5 Å². The van der Waals surface area contributed by atoms with E-state index in [1.54, 1.807) is 0 Å². The molecule has 2 aromatic rings. The third-order valence-corrected chi connectivity index (χ3v) is 5.94. The molecule has 0 aliphatic carbocycles. The fourth-order valence-electron chi connectivity index (χ4n) is 3.38. The van der Waals surface area contributed by atoms with Crippen molar-refractivity contribution in [1.29, 1.82) is 0 Å². The van der Waals surface area contributed by atoms with E-state index < -0.39 is 0 Å². The Labute approximate surface area is 182 Å². The van der Waals surface area contributed by atoms with E-state index in [1.165, 1.54) is 11.8 Å². The highest BCUT2D eigenvalue weighted by Crippen LogP contribution is 2.23. The molecule has 30 heavy (non-hydrogen) atoms. The van der Waals surface area contributed by atoms with Crippen molar-refractivity contribution in [3.05, 3.63) is 42.0 Å². The highest BCUT2D eigenvalue weighted by Gasteiger charge is 2.25. The third kappa shape index (κ3) is 6.45. The van der Waals surface area contributed by atoms with Crippen molar-refractivity contribution in [2.45, 2.75) is 38.1 Å². The maximum absolute atomic E-state index is 12.1. The summed E-state index contributed by atoms with van der Waals surface area (Å²) in [6.07, 6.45) is 2.61. The first kappa shape index (κ1) is 22.1. The van der Waals surface area contributed by atoms with Crippen LogP contribution in [-0.2, 0) is 9.59 Å². The van der Waals surface area contributed by atoms with Crippen molar-refractivity contribution in [2.75, 3.05) is 35.6 Å². The van der Waals surface area contributed by atoms with Crippen LogP contribution in [0.5, 0.6) is 0 Å². The number of nitrogens with one attached hydrogen (secondary N) is 2. The van der Waals surface area contributed by atoms with E-state index >= 15 is 0 Å². The van der Waals surface area contributed by atoms with Crippen molar-refractivity contribution in [1.82, 2.24) is 15.5 Å². The number of amides is 2. The van der Waals surface area contributed by atoms with Gasteiger partial charge in [0.2, 0.25) is 11.8 Å². The van der Waals surface area contributed by atoms with Crippen LogP contribution in [0.3, 0.4) is 0 Å². The lowest BCUT2D eigenvalue weighted by molar-refractivity contribution is -0.125. The standard InChI is InChI=1S/C22H29N5O2S/c1-3-11-23-22(29)17-9-12-27(13-10-17)19-7-8-21(26-25-19)30-15-20(28)24-18-6-4-5-16(2)14-18/h4-8,14,17H,3,9-13,15H2,1-2H3,(H,23,29)(H,24,28). The van der Waals surface area contributed by atoms with Crippen LogP contribution in [0.1, 0.15) is 31.7 Å². The fourth-order valence-corrected chi connectivity index (χ4v) is 4.00. The van der Waals surface area contributed by atoms with Crippen molar-refractivity contribution >= 4 is 35.1 Å². The molecule has 0 saturated carbocycles. The lowest BCUT2D eigenvalue weighted by atomic mass is 9.96. The fraction of sp³-hybridized carbons (Fsp3) is 0.455. The van der Waals surface area contributed by atoms with Crippen LogP contribution < -0.4 is 15.5 Å². The third-order valence-electron chi connectivity index (χ3n) is 5.02. The van der Waals surface area contributed by atoms with Gasteiger partial charge in [0.15, 0.2) is 5.82 Å². The topological polar surface area (TPSA) is 87.2 Å². The molecule has 1 aliphatic heterocycles. The summed E-state index contributed by atoms with van der Waals surface area (Å²) in [5.41, 5.74) is 1.90. The van der Waals surface area contributed by atoms with Gasteiger partial charge in [0.25, 0.3) is 0 Å². The number of aryl methyl sites for hydroxylation is 1. The van der Waals surface area contributed by atoms with Gasteiger partial charge >= 0.3 is 0 Å². The number of carbonyl (C=O) groups is 2. The minimum Gasteiger partial charge on any atom is -0.356 e. The Bertz CT molecular complexity index is 851. The maximum atomic E-state index is 12.1. The number of hydrogen-bond acceptors (Lipinski definition) is 6. The molecule has 2 amide bonds. The first-order valence-electron chi connectivity index (χ1n) is 10.4. The Balaban J connectivity index is 1.44. The normalized spacial score (nSPS) is 14.4. The van der Waals surface area contributed by atoms with Gasteiger partial charge in [-0.25, -0.2) is 0 Å². The minimum absolute atomic E-state index is 0.0695. The molecule has 1 saturated heterocycles. The predicted molar refractivity (Wildman–Crippen MR) is 121 cm³/mol. The Morgan fingerprint density at radius 1 is 1.17 bits per heavy atom. The molecule has 0 atom stereocenters. The summed E-state index contributed by atoms with van der Waals surface area (Å²) in [6, 6.07) is 11.6. The summed E-state index contributed by atoms with van der Waals surface area (Å²) >= 11 is 1.36. The van der Waals surface area contributed by atoms with E-state index in [9.17, 15) is 9.59 Å². The quantitative estimate of drug-likeness (QED) is 0.629. The molecule has 1 aromatic carbocycles. The average molecular weight is 428 g/mol. The first-order chi connectivity index (χ1) is 14.5. The number of nitrogens with zero attached hydrogens (tertiary/aromatic N) is 3. The number of piperidine rings is 1. The molecular weight excluding hydrogens is 398 g/mol. The lowest BCUT2D eigenvalue weighted by Crippen LogP contribution is -2.41. The van der Waals surface area contributed by atoms with E-state index in [4.69, 9.17) is 0 Å². The molecule has 7 nitrogen and oxygen atoms in total. The second-order valence-corrected chi connectivity index (χ2v) is 8.48. The lowest BCUT2D eigenvalue weighted by Gasteiger charge is -2.31. The van der Waals surface area contributed by atoms with Crippen LogP contribution in [0, 0.1) is 12.8 Å². The zero-order valence-electron chi connectivity index (χ0n) is 17.6. The van der Waals surface area contributed by atoms with Crippen LogP contribution >= 0.6 is 11.8 Å². The van der Waals surface area contributed by atoms with Crippen LogP contribution in [0.2, 0.25) is 0 Å².